The van der Waals surface area contributed by atoms with E-state index in [4.69, 9.17) is 23.3 Å². The smallest absolute Gasteiger partial charge is 0.224 e. The zero-order chi connectivity index (χ0) is 16.4. The summed E-state index contributed by atoms with van der Waals surface area (Å²) in [6, 6.07) is 15.6. The van der Waals surface area contributed by atoms with Crippen LogP contribution >= 0.6 is 27.5 Å². The van der Waals surface area contributed by atoms with E-state index in [9.17, 15) is 0 Å². The van der Waals surface area contributed by atoms with Crippen LogP contribution in [0.1, 0.15) is 29.6 Å². The summed E-state index contributed by atoms with van der Waals surface area (Å²) in [6.07, 6.45) is 0.710. The largest absolute Gasteiger partial charge is 0.293 e. The maximum atomic E-state index is 6.35. The number of halogens is 2. The Bertz CT molecular complexity index is 736. The van der Waals surface area contributed by atoms with Gasteiger partial charge in [0.1, 0.15) is 0 Å². The second-order valence-corrected chi connectivity index (χ2v) is 6.67. The molecule has 23 heavy (non-hydrogen) atoms. The molecule has 0 aromatic heterocycles. The van der Waals surface area contributed by atoms with E-state index in [1.165, 1.54) is 5.01 Å². The van der Waals surface area contributed by atoms with Crippen molar-refractivity contribution in [1.82, 2.24) is 10.4 Å². The number of hydrogen-bond donors (Lipinski definition) is 3. The number of nitrogens with one attached hydrogen (secondary N) is 1. The number of hydrogen-bond acceptors (Lipinski definition) is 5. The van der Waals surface area contributed by atoms with Gasteiger partial charge in [-0.25, -0.2) is 16.7 Å². The van der Waals surface area contributed by atoms with Crippen LogP contribution < -0.4 is 17.1 Å². The molecule has 0 saturated heterocycles. The zero-order valence-electron chi connectivity index (χ0n) is 12.3. The van der Waals surface area contributed by atoms with Crippen molar-refractivity contribution >= 4 is 33.5 Å². The average molecular weight is 395 g/mol. The summed E-state index contributed by atoms with van der Waals surface area (Å²) in [5.41, 5.74) is 4.64. The van der Waals surface area contributed by atoms with Gasteiger partial charge in [0.2, 0.25) is 5.96 Å². The van der Waals surface area contributed by atoms with Crippen LogP contribution in [0.25, 0.3) is 0 Å². The molecule has 0 radical (unpaired) electrons. The van der Waals surface area contributed by atoms with Gasteiger partial charge in [-0.05, 0) is 29.3 Å². The maximum absolute atomic E-state index is 6.35. The van der Waals surface area contributed by atoms with Crippen LogP contribution in [0.4, 0.5) is 0 Å². The number of nitrogens with zero attached hydrogens (tertiary/aromatic N) is 2. The van der Waals surface area contributed by atoms with Crippen LogP contribution in [0.5, 0.6) is 0 Å². The second kappa shape index (κ2) is 6.88. The molecule has 5 nitrogen and oxygen atoms in total. The SMILES string of the molecule is NNC1=NC(c2cccc(Br)c2)CC(c2ccccc2Cl)N1N. The number of guanidine groups is 1. The Hall–Kier alpha value is -1.60. The molecule has 1 aliphatic rings. The summed E-state index contributed by atoms with van der Waals surface area (Å²) in [7, 11) is 0. The van der Waals surface area contributed by atoms with Gasteiger partial charge in [0.25, 0.3) is 0 Å². The van der Waals surface area contributed by atoms with Crippen molar-refractivity contribution in [1.29, 1.82) is 0 Å². The first-order valence-corrected chi connectivity index (χ1v) is 8.35. The highest BCUT2D eigenvalue weighted by atomic mass is 79.9. The third-order valence-corrected chi connectivity index (χ3v) is 4.77. The Morgan fingerprint density at radius 1 is 1.22 bits per heavy atom. The van der Waals surface area contributed by atoms with Gasteiger partial charge in [-0.2, -0.15) is 0 Å². The number of rotatable bonds is 2. The van der Waals surface area contributed by atoms with E-state index >= 15 is 0 Å². The van der Waals surface area contributed by atoms with Crippen LogP contribution in [0.2, 0.25) is 5.02 Å². The maximum Gasteiger partial charge on any atom is 0.224 e. The Morgan fingerprint density at radius 2 is 2.00 bits per heavy atom. The molecule has 0 bridgehead atoms. The van der Waals surface area contributed by atoms with Crippen LogP contribution in [0.3, 0.4) is 0 Å². The molecule has 1 heterocycles. The monoisotopic (exact) mass is 393 g/mol. The Balaban J connectivity index is 2.00. The topological polar surface area (TPSA) is 79.7 Å². The highest BCUT2D eigenvalue weighted by Crippen LogP contribution is 2.38. The fourth-order valence-corrected chi connectivity index (χ4v) is 3.48. The van der Waals surface area contributed by atoms with Gasteiger partial charge < -0.3 is 0 Å². The first kappa shape index (κ1) is 16.3. The predicted molar refractivity (Wildman–Crippen MR) is 96.5 cm³/mol. The van der Waals surface area contributed by atoms with E-state index in [1.807, 2.05) is 42.5 Å². The molecule has 0 aliphatic carbocycles. The lowest BCUT2D eigenvalue weighted by molar-refractivity contribution is 0.260. The van der Waals surface area contributed by atoms with Crippen LogP contribution in [-0.4, -0.2) is 11.0 Å². The van der Waals surface area contributed by atoms with Gasteiger partial charge in [0, 0.05) is 15.9 Å². The van der Waals surface area contributed by atoms with E-state index in [2.05, 4.69) is 32.4 Å². The summed E-state index contributed by atoms with van der Waals surface area (Å²) < 4.78 is 1.01. The molecule has 2 atom stereocenters. The fraction of sp³-hybridized carbons (Fsp3) is 0.188. The third kappa shape index (κ3) is 3.35. The molecule has 7 heteroatoms. The highest BCUT2D eigenvalue weighted by Gasteiger charge is 2.31. The van der Waals surface area contributed by atoms with E-state index < -0.39 is 0 Å². The minimum absolute atomic E-state index is 0.0559. The summed E-state index contributed by atoms with van der Waals surface area (Å²) in [5, 5.41) is 2.22. The normalized spacial score (nSPS) is 21.0. The summed E-state index contributed by atoms with van der Waals surface area (Å²) in [5.74, 6) is 12.2. The highest BCUT2D eigenvalue weighted by molar-refractivity contribution is 9.10. The van der Waals surface area contributed by atoms with Crippen molar-refractivity contribution in [3.05, 3.63) is 69.2 Å². The standard InChI is InChI=1S/C16H17BrClN5/c17-11-5-3-4-10(8-11)14-9-15(23(20)16(21-14)22-19)12-6-1-2-7-13(12)18/h1-8,14-15H,9,19-20H2,(H,21,22). The average Bonchev–Trinajstić information content (AvgIpc) is 2.56. The Morgan fingerprint density at radius 3 is 2.70 bits per heavy atom. The van der Waals surface area contributed by atoms with Crippen molar-refractivity contribution in [2.24, 2.45) is 16.7 Å². The van der Waals surface area contributed by atoms with Crippen molar-refractivity contribution in [3.63, 3.8) is 0 Å². The van der Waals surface area contributed by atoms with E-state index in [-0.39, 0.29) is 12.1 Å². The van der Waals surface area contributed by atoms with Gasteiger partial charge >= 0.3 is 0 Å². The summed E-state index contributed by atoms with van der Waals surface area (Å²) in [6.45, 7) is 0. The van der Waals surface area contributed by atoms with Crippen LogP contribution in [0.15, 0.2) is 58.0 Å². The van der Waals surface area contributed by atoms with Crippen molar-refractivity contribution in [3.8, 4) is 0 Å². The molecule has 1 aliphatic heterocycles. The molecular formula is C16H17BrClN5. The van der Waals surface area contributed by atoms with Crippen molar-refractivity contribution < 1.29 is 0 Å². The first-order valence-electron chi connectivity index (χ1n) is 7.18. The van der Waals surface area contributed by atoms with Gasteiger partial charge in [-0.15, -0.1) is 0 Å². The number of hydrazine groups is 2. The summed E-state index contributed by atoms with van der Waals surface area (Å²) >= 11 is 9.85. The lowest BCUT2D eigenvalue weighted by Gasteiger charge is -2.36. The van der Waals surface area contributed by atoms with Gasteiger partial charge in [0.15, 0.2) is 0 Å². The Labute approximate surface area is 148 Å². The molecule has 5 N–H and O–H groups in total. The molecule has 2 aromatic rings. The predicted octanol–water partition coefficient (Wildman–Crippen LogP) is 3.28. The lowest BCUT2D eigenvalue weighted by Crippen LogP contribution is -2.52. The van der Waals surface area contributed by atoms with Crippen molar-refractivity contribution in [2.45, 2.75) is 18.5 Å². The molecular weight excluding hydrogens is 378 g/mol. The van der Waals surface area contributed by atoms with E-state index in [1.54, 1.807) is 0 Å². The molecule has 0 saturated carbocycles. The molecule has 2 unspecified atom stereocenters. The lowest BCUT2D eigenvalue weighted by atomic mass is 9.93. The molecule has 0 spiro atoms. The number of aliphatic imine (C=N–C) groups is 1. The minimum Gasteiger partial charge on any atom is -0.293 e. The van der Waals surface area contributed by atoms with Crippen LogP contribution in [0, 0.1) is 0 Å². The molecule has 0 amide bonds. The minimum atomic E-state index is -0.115. The molecule has 2 aromatic carbocycles. The third-order valence-electron chi connectivity index (χ3n) is 3.93. The molecule has 3 rings (SSSR count). The second-order valence-electron chi connectivity index (χ2n) is 5.35. The van der Waals surface area contributed by atoms with Crippen molar-refractivity contribution in [2.75, 3.05) is 0 Å². The molecule has 120 valence electrons. The van der Waals surface area contributed by atoms with Crippen LogP contribution in [-0.2, 0) is 0 Å². The van der Waals surface area contributed by atoms with Gasteiger partial charge in [-0.3, -0.25) is 10.4 Å². The molecule has 0 fully saturated rings. The zero-order valence-corrected chi connectivity index (χ0v) is 14.6. The van der Waals surface area contributed by atoms with E-state index in [0.29, 0.717) is 17.4 Å². The van der Waals surface area contributed by atoms with Gasteiger partial charge in [-0.1, -0.05) is 57.9 Å². The van der Waals surface area contributed by atoms with Gasteiger partial charge in [0.05, 0.1) is 12.1 Å². The summed E-state index contributed by atoms with van der Waals surface area (Å²) in [4.78, 5) is 4.62. The Kier molecular flexibility index (Phi) is 4.87. The van der Waals surface area contributed by atoms with E-state index in [0.717, 1.165) is 15.6 Å². The number of benzene rings is 2. The number of nitrogens with two attached hydrogens (primary N) is 2. The quantitative estimate of drug-likeness (QED) is 0.539. The fourth-order valence-electron chi connectivity index (χ4n) is 2.80. The first-order chi connectivity index (χ1) is 11.1.